The summed E-state index contributed by atoms with van der Waals surface area (Å²) in [6.45, 7) is 6.18. The number of nitrogens with one attached hydrogen (secondary N) is 2. The molecule has 0 radical (unpaired) electrons. The van der Waals surface area contributed by atoms with E-state index < -0.39 is 21.7 Å². The molecule has 5 fully saturated rings. The van der Waals surface area contributed by atoms with E-state index in [0.29, 0.717) is 62.0 Å². The first kappa shape index (κ1) is 27.9. The second-order valence-electron chi connectivity index (χ2n) is 12.4. The zero-order valence-corrected chi connectivity index (χ0v) is 23.7. The SMILES string of the molecule is CC(C)(/C=C/n1ncc(C(=O)NC2C3CC4CC2CC(COC(N)=O)(C4)C3)c1N1CCOCC1)NS(C)(=O)=O. The Morgan fingerprint density at radius 2 is 1.90 bits per heavy atom. The lowest BCUT2D eigenvalue weighted by molar-refractivity contribution is -0.0977. The minimum atomic E-state index is -3.42. The van der Waals surface area contributed by atoms with Crippen molar-refractivity contribution in [2.75, 3.05) is 44.1 Å². The quantitative estimate of drug-likeness (QED) is 0.408. The van der Waals surface area contributed by atoms with Crippen LogP contribution in [0.1, 0.15) is 56.3 Å². The lowest BCUT2D eigenvalue weighted by Gasteiger charge is -2.59. The Balaban J connectivity index is 1.36. The highest BCUT2D eigenvalue weighted by Crippen LogP contribution is 2.60. The van der Waals surface area contributed by atoms with Crippen LogP contribution < -0.4 is 20.7 Å². The third-order valence-electron chi connectivity index (χ3n) is 8.62. The third-order valence-corrected chi connectivity index (χ3v) is 9.52. The molecular weight excluding hydrogens is 524 g/mol. The lowest BCUT2D eigenvalue weighted by atomic mass is 9.48. The molecule has 39 heavy (non-hydrogen) atoms. The van der Waals surface area contributed by atoms with Gasteiger partial charge in [0.15, 0.2) is 0 Å². The highest BCUT2D eigenvalue weighted by atomic mass is 32.2. The maximum atomic E-state index is 13.8. The summed E-state index contributed by atoms with van der Waals surface area (Å²) >= 11 is 0. The van der Waals surface area contributed by atoms with Crippen LogP contribution in [0.25, 0.3) is 6.20 Å². The van der Waals surface area contributed by atoms with Gasteiger partial charge in [-0.15, -0.1) is 0 Å². The van der Waals surface area contributed by atoms with Crippen molar-refractivity contribution in [1.82, 2.24) is 19.8 Å². The topological polar surface area (TPSA) is 158 Å². The maximum Gasteiger partial charge on any atom is 0.404 e. The van der Waals surface area contributed by atoms with E-state index in [-0.39, 0.29) is 17.4 Å². The molecule has 4 bridgehead atoms. The number of sulfonamides is 1. The second kappa shape index (κ2) is 10.4. The van der Waals surface area contributed by atoms with E-state index in [1.165, 1.54) is 0 Å². The first-order chi connectivity index (χ1) is 18.3. The van der Waals surface area contributed by atoms with Gasteiger partial charge in [-0.2, -0.15) is 5.10 Å². The Morgan fingerprint density at radius 3 is 2.51 bits per heavy atom. The zero-order valence-electron chi connectivity index (χ0n) is 22.9. The predicted octanol–water partition coefficient (Wildman–Crippen LogP) is 1.54. The zero-order chi connectivity index (χ0) is 28.0. The maximum absolute atomic E-state index is 13.8. The van der Waals surface area contributed by atoms with Gasteiger partial charge in [0.1, 0.15) is 11.4 Å². The number of hydrogen-bond acceptors (Lipinski definition) is 8. The summed E-state index contributed by atoms with van der Waals surface area (Å²) in [6.07, 6.45) is 10.4. The predicted molar refractivity (Wildman–Crippen MR) is 145 cm³/mol. The van der Waals surface area contributed by atoms with Gasteiger partial charge in [0.05, 0.1) is 32.3 Å². The fourth-order valence-electron chi connectivity index (χ4n) is 7.54. The Kier molecular flexibility index (Phi) is 7.44. The number of primary amides is 1. The highest BCUT2D eigenvalue weighted by molar-refractivity contribution is 7.88. The molecule has 2 atom stereocenters. The van der Waals surface area contributed by atoms with Crippen molar-refractivity contribution in [3.05, 3.63) is 17.8 Å². The second-order valence-corrected chi connectivity index (χ2v) is 14.2. The number of aromatic nitrogens is 2. The van der Waals surface area contributed by atoms with Crippen LogP contribution in [0.3, 0.4) is 0 Å². The number of anilines is 1. The Bertz CT molecular complexity index is 1220. The molecule has 12 nitrogen and oxygen atoms in total. The first-order valence-corrected chi connectivity index (χ1v) is 15.5. The van der Waals surface area contributed by atoms with E-state index in [9.17, 15) is 18.0 Å². The van der Waals surface area contributed by atoms with Crippen molar-refractivity contribution in [1.29, 1.82) is 0 Å². The van der Waals surface area contributed by atoms with Gasteiger partial charge in [-0.1, -0.05) is 0 Å². The largest absolute Gasteiger partial charge is 0.449 e. The molecule has 6 rings (SSSR count). The van der Waals surface area contributed by atoms with Crippen molar-refractivity contribution in [2.24, 2.45) is 28.9 Å². The van der Waals surface area contributed by atoms with Gasteiger partial charge in [0, 0.05) is 36.3 Å². The van der Waals surface area contributed by atoms with Crippen LogP contribution in [0.4, 0.5) is 10.6 Å². The van der Waals surface area contributed by atoms with Gasteiger partial charge in [0.2, 0.25) is 10.0 Å². The smallest absolute Gasteiger partial charge is 0.404 e. The van der Waals surface area contributed by atoms with E-state index in [0.717, 1.165) is 38.4 Å². The highest BCUT2D eigenvalue weighted by Gasteiger charge is 2.56. The molecule has 216 valence electrons. The van der Waals surface area contributed by atoms with Crippen LogP contribution in [0.15, 0.2) is 12.3 Å². The number of morpholine rings is 1. The van der Waals surface area contributed by atoms with E-state index in [1.54, 1.807) is 37.0 Å². The summed E-state index contributed by atoms with van der Waals surface area (Å²) in [7, 11) is -3.42. The monoisotopic (exact) mass is 564 g/mol. The van der Waals surface area contributed by atoms with Crippen molar-refractivity contribution in [3.63, 3.8) is 0 Å². The van der Waals surface area contributed by atoms with Gasteiger partial charge in [0.25, 0.3) is 5.91 Å². The first-order valence-electron chi connectivity index (χ1n) is 13.6. The summed E-state index contributed by atoms with van der Waals surface area (Å²) in [5.41, 5.74) is 4.86. The summed E-state index contributed by atoms with van der Waals surface area (Å²) in [5.74, 6) is 1.76. The lowest BCUT2D eigenvalue weighted by Crippen LogP contribution is -2.60. The number of amides is 2. The van der Waals surface area contributed by atoms with Crippen molar-refractivity contribution < 1.29 is 27.5 Å². The molecule has 2 amide bonds. The minimum absolute atomic E-state index is 0.0335. The van der Waals surface area contributed by atoms with Crippen molar-refractivity contribution in [3.8, 4) is 0 Å². The molecule has 0 aromatic carbocycles. The number of carbonyl (C=O) groups is 2. The van der Waals surface area contributed by atoms with Crippen LogP contribution in [0.5, 0.6) is 0 Å². The normalized spacial score (nSPS) is 30.6. The number of nitrogens with zero attached hydrogens (tertiary/aromatic N) is 3. The summed E-state index contributed by atoms with van der Waals surface area (Å²) in [4.78, 5) is 27.1. The summed E-state index contributed by atoms with van der Waals surface area (Å²) in [6, 6.07) is 0.0603. The molecule has 2 heterocycles. The average molecular weight is 565 g/mol. The molecular formula is C26H40N6O6S. The molecule has 13 heteroatoms. The fraction of sp³-hybridized carbons (Fsp3) is 0.731. The summed E-state index contributed by atoms with van der Waals surface area (Å²) < 4.78 is 38.6. The van der Waals surface area contributed by atoms with Crippen molar-refractivity contribution >= 4 is 34.0 Å². The van der Waals surface area contributed by atoms with Crippen LogP contribution in [-0.4, -0.2) is 80.9 Å². The number of ether oxygens (including phenoxy) is 2. The van der Waals surface area contributed by atoms with E-state index in [4.69, 9.17) is 15.2 Å². The Hall–Kier alpha value is -2.64. The number of rotatable bonds is 9. The molecule has 4 saturated carbocycles. The molecule has 1 aromatic heterocycles. The molecule has 5 aliphatic rings. The molecule has 4 aliphatic carbocycles. The number of carbonyl (C=O) groups excluding carboxylic acids is 2. The minimum Gasteiger partial charge on any atom is -0.449 e. The summed E-state index contributed by atoms with van der Waals surface area (Å²) in [5, 5.41) is 7.86. The van der Waals surface area contributed by atoms with E-state index >= 15 is 0 Å². The average Bonchev–Trinajstić information content (AvgIpc) is 3.27. The Morgan fingerprint density at radius 1 is 1.23 bits per heavy atom. The molecule has 1 saturated heterocycles. The van der Waals surface area contributed by atoms with Crippen LogP contribution >= 0.6 is 0 Å². The van der Waals surface area contributed by atoms with Gasteiger partial charge >= 0.3 is 6.09 Å². The van der Waals surface area contributed by atoms with E-state index in [2.05, 4.69) is 20.0 Å². The molecule has 1 aliphatic heterocycles. The van der Waals surface area contributed by atoms with Gasteiger partial charge in [-0.3, -0.25) is 4.79 Å². The molecule has 1 aromatic rings. The van der Waals surface area contributed by atoms with Gasteiger partial charge in [-0.05, 0) is 69.8 Å². The number of nitrogens with two attached hydrogens (primary N) is 1. The standard InChI is InChI=1S/C26H40N6O6S/c1-25(2,30-39(3,35)36)4-5-32-23(31-6-8-37-9-7-31)20(15-28-32)22(33)29-21-18-10-17-11-19(21)14-26(12-17,13-18)16-38-24(27)34/h4-5,15,17-19,21,30H,6-14,16H2,1-3H3,(H2,27,34)(H,29,33)/b5-4+. The van der Waals surface area contributed by atoms with Crippen molar-refractivity contribution in [2.45, 2.75) is 57.5 Å². The van der Waals surface area contributed by atoms with Gasteiger partial charge in [-0.25, -0.2) is 22.6 Å². The molecule has 0 spiro atoms. The third kappa shape index (κ3) is 6.25. The number of hydrogen-bond donors (Lipinski definition) is 3. The molecule has 4 N–H and O–H groups in total. The van der Waals surface area contributed by atoms with Crippen LogP contribution in [0, 0.1) is 23.2 Å². The van der Waals surface area contributed by atoms with Crippen LogP contribution in [0.2, 0.25) is 0 Å². The molecule has 2 unspecified atom stereocenters. The van der Waals surface area contributed by atoms with Gasteiger partial charge < -0.3 is 25.4 Å². The van der Waals surface area contributed by atoms with E-state index in [1.807, 2.05) is 0 Å². The van der Waals surface area contributed by atoms with Crippen LogP contribution in [-0.2, 0) is 19.5 Å². The fourth-order valence-corrected chi connectivity index (χ4v) is 8.57. The Labute approximate surface area is 229 Å².